The number of pyridine rings is 1. The number of benzene rings is 2. The summed E-state index contributed by atoms with van der Waals surface area (Å²) in [4.78, 5) is 29.9. The summed E-state index contributed by atoms with van der Waals surface area (Å²) < 4.78 is -1.32. The molecule has 2 amide bonds. The van der Waals surface area contributed by atoms with Crippen molar-refractivity contribution < 1.29 is 9.59 Å². The molecule has 1 aliphatic rings. The minimum atomic E-state index is -1.32. The van der Waals surface area contributed by atoms with Gasteiger partial charge in [0.2, 0.25) is 5.91 Å². The lowest BCUT2D eigenvalue weighted by Gasteiger charge is -2.19. The minimum absolute atomic E-state index is 0.166. The van der Waals surface area contributed by atoms with Crippen LogP contribution in [0.4, 0.5) is 11.5 Å². The summed E-state index contributed by atoms with van der Waals surface area (Å²) in [6.45, 7) is 0. The summed E-state index contributed by atoms with van der Waals surface area (Å²) >= 11 is 31.2. The van der Waals surface area contributed by atoms with Crippen molar-refractivity contribution in [1.29, 1.82) is 0 Å². The van der Waals surface area contributed by atoms with Gasteiger partial charge < -0.3 is 5.32 Å². The van der Waals surface area contributed by atoms with Crippen LogP contribution < -0.4 is 15.8 Å². The van der Waals surface area contributed by atoms with Gasteiger partial charge in [0.05, 0.1) is 16.5 Å². The summed E-state index contributed by atoms with van der Waals surface area (Å²) in [5.74, 6) is -1.58. The van der Waals surface area contributed by atoms with Crippen LogP contribution in [0.15, 0.2) is 60.8 Å². The van der Waals surface area contributed by atoms with Gasteiger partial charge in [-0.25, -0.2) is 4.98 Å². The topological polar surface area (TPSA) is 74.3 Å². The van der Waals surface area contributed by atoms with Gasteiger partial charge in [0, 0.05) is 34.9 Å². The summed E-state index contributed by atoms with van der Waals surface area (Å²) in [7, 11) is 1.65. The Morgan fingerprint density at radius 1 is 1.00 bits per heavy atom. The zero-order chi connectivity index (χ0) is 24.6. The summed E-state index contributed by atoms with van der Waals surface area (Å²) in [6, 6.07) is 14.8. The van der Waals surface area contributed by atoms with Gasteiger partial charge in [0.15, 0.2) is 0 Å². The fourth-order valence-corrected chi connectivity index (χ4v) is 5.22. The fourth-order valence-electron chi connectivity index (χ4n) is 3.64. The molecule has 3 aromatic rings. The van der Waals surface area contributed by atoms with E-state index in [2.05, 4.69) is 15.7 Å². The molecule has 0 saturated heterocycles. The highest BCUT2D eigenvalue weighted by Crippen LogP contribution is 2.65. The SMILES string of the molecule is CN(NC(=O)c1cc(NC(=O)[C@H]2[C@H](c3cc(Cl)cc(Cl)c3)C2(Cl)Cl)ccc1Cl)c1ccccn1. The highest BCUT2D eigenvalue weighted by molar-refractivity contribution is 6.53. The van der Waals surface area contributed by atoms with Crippen molar-refractivity contribution >= 4 is 81.3 Å². The number of nitrogens with zero attached hydrogens (tertiary/aromatic N) is 2. The van der Waals surface area contributed by atoms with E-state index in [-0.39, 0.29) is 10.6 Å². The van der Waals surface area contributed by atoms with E-state index in [1.54, 1.807) is 55.7 Å². The van der Waals surface area contributed by atoms with Crippen molar-refractivity contribution in [2.75, 3.05) is 17.4 Å². The van der Waals surface area contributed by atoms with Gasteiger partial charge in [0.25, 0.3) is 5.91 Å². The van der Waals surface area contributed by atoms with E-state index in [1.807, 2.05) is 0 Å². The number of alkyl halides is 2. The lowest BCUT2D eigenvalue weighted by atomic mass is 10.1. The van der Waals surface area contributed by atoms with Crippen LogP contribution in [0.3, 0.4) is 0 Å². The molecule has 0 unspecified atom stereocenters. The van der Waals surface area contributed by atoms with Gasteiger partial charge in [-0.15, -0.1) is 23.2 Å². The van der Waals surface area contributed by atoms with Gasteiger partial charge >= 0.3 is 0 Å². The molecule has 2 N–H and O–H groups in total. The van der Waals surface area contributed by atoms with Crippen LogP contribution in [0, 0.1) is 5.92 Å². The third kappa shape index (κ3) is 5.21. The maximum absolute atomic E-state index is 13.0. The molecule has 0 radical (unpaired) electrons. The molecule has 0 aliphatic heterocycles. The molecule has 11 heteroatoms. The summed E-state index contributed by atoms with van der Waals surface area (Å²) in [6.07, 6.45) is 1.61. The number of amides is 2. The summed E-state index contributed by atoms with van der Waals surface area (Å²) in [5.41, 5.74) is 3.88. The van der Waals surface area contributed by atoms with E-state index in [4.69, 9.17) is 58.0 Å². The number of anilines is 2. The number of hydrazine groups is 1. The lowest BCUT2D eigenvalue weighted by molar-refractivity contribution is -0.117. The molecule has 1 saturated carbocycles. The quantitative estimate of drug-likeness (QED) is 0.273. The zero-order valence-electron chi connectivity index (χ0n) is 17.5. The van der Waals surface area contributed by atoms with Crippen molar-refractivity contribution in [3.63, 3.8) is 0 Å². The van der Waals surface area contributed by atoms with Crippen molar-refractivity contribution in [2.24, 2.45) is 5.92 Å². The highest BCUT2D eigenvalue weighted by atomic mass is 35.5. The van der Waals surface area contributed by atoms with Crippen LogP contribution in [0.1, 0.15) is 21.8 Å². The monoisotopic (exact) mass is 556 g/mol. The first-order valence-electron chi connectivity index (χ1n) is 9.98. The number of hydrogen-bond acceptors (Lipinski definition) is 4. The molecule has 34 heavy (non-hydrogen) atoms. The molecular weight excluding hydrogens is 542 g/mol. The smallest absolute Gasteiger partial charge is 0.271 e. The van der Waals surface area contributed by atoms with E-state index < -0.39 is 28.0 Å². The minimum Gasteiger partial charge on any atom is -0.326 e. The van der Waals surface area contributed by atoms with Crippen LogP contribution in [-0.2, 0) is 4.79 Å². The number of rotatable bonds is 6. The predicted octanol–water partition coefficient (Wildman–Crippen LogP) is 6.35. The third-order valence-corrected chi connectivity index (χ3v) is 7.03. The molecule has 0 bridgehead atoms. The Hall–Kier alpha value is -2.22. The second kappa shape index (κ2) is 9.80. The molecule has 0 spiro atoms. The van der Waals surface area contributed by atoms with Gasteiger partial charge in [-0.3, -0.25) is 20.0 Å². The maximum Gasteiger partial charge on any atom is 0.271 e. The van der Waals surface area contributed by atoms with E-state index in [9.17, 15) is 9.59 Å². The van der Waals surface area contributed by atoms with Crippen LogP contribution >= 0.6 is 58.0 Å². The second-order valence-corrected chi connectivity index (χ2v) is 10.4. The van der Waals surface area contributed by atoms with Crippen molar-refractivity contribution in [3.8, 4) is 0 Å². The number of aromatic nitrogens is 1. The van der Waals surface area contributed by atoms with E-state index in [1.165, 1.54) is 17.1 Å². The average molecular weight is 559 g/mol. The number of nitrogens with one attached hydrogen (secondary N) is 2. The Morgan fingerprint density at radius 2 is 1.71 bits per heavy atom. The summed E-state index contributed by atoms with van der Waals surface area (Å²) in [5, 5.41) is 5.27. The number of carbonyl (C=O) groups excluding carboxylic acids is 2. The highest BCUT2D eigenvalue weighted by Gasteiger charge is 2.67. The van der Waals surface area contributed by atoms with Crippen molar-refractivity contribution in [3.05, 3.63) is 87.0 Å². The first-order valence-corrected chi connectivity index (χ1v) is 11.9. The molecule has 176 valence electrons. The van der Waals surface area contributed by atoms with Gasteiger partial charge in [0.1, 0.15) is 10.2 Å². The van der Waals surface area contributed by atoms with Gasteiger partial charge in [-0.1, -0.05) is 40.9 Å². The third-order valence-electron chi connectivity index (χ3n) is 5.32. The Bertz CT molecular complexity index is 1240. The normalized spacial score (nSPS) is 18.2. The predicted molar refractivity (Wildman–Crippen MR) is 137 cm³/mol. The molecule has 4 rings (SSSR count). The van der Waals surface area contributed by atoms with Crippen molar-refractivity contribution in [1.82, 2.24) is 10.4 Å². The standard InChI is InChI=1S/C23H17Cl5N4O2/c1-32(18-4-2-3-7-29-18)31-21(33)16-11-15(5-6-17(16)26)30-22(34)20-19(23(20,27)28)12-8-13(24)10-14(25)9-12/h2-11,19-20H,1H3,(H,30,34)(H,31,33)/t19-,20+/m0/s1. The van der Waals surface area contributed by atoms with E-state index >= 15 is 0 Å². The van der Waals surface area contributed by atoms with Crippen LogP contribution in [0.2, 0.25) is 15.1 Å². The Morgan fingerprint density at radius 3 is 2.35 bits per heavy atom. The molecule has 1 heterocycles. The maximum atomic E-state index is 13.0. The molecule has 1 aliphatic carbocycles. The molecule has 6 nitrogen and oxygen atoms in total. The molecule has 2 atom stereocenters. The lowest BCUT2D eigenvalue weighted by Crippen LogP contribution is -2.40. The van der Waals surface area contributed by atoms with Crippen LogP contribution in [-0.4, -0.2) is 28.2 Å². The Kier molecular flexibility index (Phi) is 7.17. The molecular formula is C23H17Cl5N4O2. The Labute approximate surface area is 221 Å². The van der Waals surface area contributed by atoms with E-state index in [0.717, 1.165) is 0 Å². The first-order chi connectivity index (χ1) is 16.1. The number of hydrogen-bond donors (Lipinski definition) is 2. The average Bonchev–Trinajstić information content (AvgIpc) is 3.37. The zero-order valence-corrected chi connectivity index (χ0v) is 21.3. The van der Waals surface area contributed by atoms with Gasteiger partial charge in [-0.05, 0) is 54.1 Å². The molecule has 2 aromatic carbocycles. The molecule has 1 fully saturated rings. The van der Waals surface area contributed by atoms with Crippen LogP contribution in [0.5, 0.6) is 0 Å². The first kappa shape index (κ1) is 24.9. The second-order valence-electron chi connectivity index (χ2n) is 7.70. The van der Waals surface area contributed by atoms with E-state index in [0.29, 0.717) is 27.1 Å². The van der Waals surface area contributed by atoms with Crippen LogP contribution in [0.25, 0.3) is 0 Å². The number of carbonyl (C=O) groups is 2. The Balaban J connectivity index is 1.49. The largest absolute Gasteiger partial charge is 0.326 e. The fraction of sp³-hybridized carbons (Fsp3) is 0.174. The molecule has 1 aromatic heterocycles. The number of halogens is 5. The van der Waals surface area contributed by atoms with Gasteiger partial charge in [-0.2, -0.15) is 0 Å². The van der Waals surface area contributed by atoms with Crippen molar-refractivity contribution in [2.45, 2.75) is 10.3 Å².